The number of hydrogen-bond acceptors (Lipinski definition) is 4. The number of amides is 1. The lowest BCUT2D eigenvalue weighted by molar-refractivity contribution is -0.139. The molecule has 3 rings (SSSR count). The predicted octanol–water partition coefficient (Wildman–Crippen LogP) is 0.256. The van der Waals surface area contributed by atoms with E-state index >= 15 is 0 Å². The SMILES string of the molecule is CN1CCCCC1CN1CCN(C(=O)C2CNC2)CC1.Cl. The summed E-state index contributed by atoms with van der Waals surface area (Å²) < 4.78 is 0. The zero-order chi connectivity index (χ0) is 13.9. The molecule has 0 aromatic rings. The second kappa shape index (κ2) is 7.77. The van der Waals surface area contributed by atoms with Gasteiger partial charge < -0.3 is 15.1 Å². The fourth-order valence-electron chi connectivity index (χ4n) is 3.55. The van der Waals surface area contributed by atoms with E-state index in [1.807, 2.05) is 0 Å². The Morgan fingerprint density at radius 1 is 1.10 bits per heavy atom. The van der Waals surface area contributed by atoms with E-state index in [4.69, 9.17) is 0 Å². The Balaban J connectivity index is 0.00000161. The van der Waals surface area contributed by atoms with Gasteiger partial charge in [0.05, 0.1) is 5.92 Å². The Morgan fingerprint density at radius 2 is 1.81 bits per heavy atom. The number of carbonyl (C=O) groups excluding carboxylic acids is 1. The third kappa shape index (κ3) is 4.09. The van der Waals surface area contributed by atoms with E-state index < -0.39 is 0 Å². The molecular formula is C15H29ClN4O. The van der Waals surface area contributed by atoms with Crippen LogP contribution in [-0.2, 0) is 4.79 Å². The summed E-state index contributed by atoms with van der Waals surface area (Å²) in [5, 5.41) is 3.19. The first kappa shape index (κ1) is 17.0. The number of nitrogens with zero attached hydrogens (tertiary/aromatic N) is 3. The highest BCUT2D eigenvalue weighted by Gasteiger charge is 2.31. The second-order valence-electron chi connectivity index (χ2n) is 6.61. The highest BCUT2D eigenvalue weighted by Crippen LogP contribution is 2.17. The molecule has 1 N–H and O–H groups in total. The zero-order valence-electron chi connectivity index (χ0n) is 13.1. The van der Waals surface area contributed by atoms with E-state index in [1.54, 1.807) is 0 Å². The summed E-state index contributed by atoms with van der Waals surface area (Å²) in [5.74, 6) is 0.629. The molecule has 5 nitrogen and oxygen atoms in total. The Hall–Kier alpha value is -0.360. The third-order valence-corrected chi connectivity index (χ3v) is 5.21. The van der Waals surface area contributed by atoms with Crippen molar-refractivity contribution in [3.63, 3.8) is 0 Å². The maximum Gasteiger partial charge on any atom is 0.228 e. The molecule has 1 amide bonds. The standard InChI is InChI=1S/C15H28N4O.ClH/c1-17-5-3-2-4-14(17)12-18-6-8-19(9-7-18)15(20)13-10-16-11-13;/h13-14,16H,2-12H2,1H3;1H. The van der Waals surface area contributed by atoms with Crippen LogP contribution in [-0.4, -0.2) is 86.1 Å². The Labute approximate surface area is 134 Å². The van der Waals surface area contributed by atoms with Crippen LogP contribution in [0.4, 0.5) is 0 Å². The van der Waals surface area contributed by atoms with Crippen molar-refractivity contribution in [1.82, 2.24) is 20.0 Å². The van der Waals surface area contributed by atoms with Crippen molar-refractivity contribution in [2.75, 3.05) is 59.4 Å². The fraction of sp³-hybridized carbons (Fsp3) is 0.933. The molecule has 0 saturated carbocycles. The van der Waals surface area contributed by atoms with Gasteiger partial charge in [-0.3, -0.25) is 9.69 Å². The number of piperazine rings is 1. The minimum Gasteiger partial charge on any atom is -0.340 e. The molecule has 1 atom stereocenters. The minimum absolute atomic E-state index is 0. The molecule has 0 aromatic carbocycles. The molecule has 3 aliphatic heterocycles. The van der Waals surface area contributed by atoms with Gasteiger partial charge in [-0.2, -0.15) is 0 Å². The predicted molar refractivity (Wildman–Crippen MR) is 86.9 cm³/mol. The lowest BCUT2D eigenvalue weighted by atomic mass is 10.0. The average Bonchev–Trinajstić information content (AvgIpc) is 2.40. The molecule has 3 heterocycles. The number of carbonyl (C=O) groups is 1. The van der Waals surface area contributed by atoms with E-state index in [0.717, 1.165) is 45.3 Å². The van der Waals surface area contributed by atoms with Crippen molar-refractivity contribution in [3.05, 3.63) is 0 Å². The largest absolute Gasteiger partial charge is 0.340 e. The van der Waals surface area contributed by atoms with Crippen LogP contribution in [0.3, 0.4) is 0 Å². The van der Waals surface area contributed by atoms with E-state index in [-0.39, 0.29) is 18.3 Å². The highest BCUT2D eigenvalue weighted by atomic mass is 35.5. The normalized spacial score (nSPS) is 28.8. The number of hydrogen-bond donors (Lipinski definition) is 1. The van der Waals surface area contributed by atoms with Crippen molar-refractivity contribution < 1.29 is 4.79 Å². The Bertz CT molecular complexity index is 343. The first-order valence-corrected chi connectivity index (χ1v) is 8.16. The summed E-state index contributed by atoms with van der Waals surface area (Å²) in [5.41, 5.74) is 0. The van der Waals surface area contributed by atoms with Crippen LogP contribution in [0, 0.1) is 5.92 Å². The minimum atomic E-state index is 0. The highest BCUT2D eigenvalue weighted by molar-refractivity contribution is 5.85. The van der Waals surface area contributed by atoms with Crippen molar-refractivity contribution in [2.45, 2.75) is 25.3 Å². The van der Waals surface area contributed by atoms with Crippen molar-refractivity contribution in [2.24, 2.45) is 5.92 Å². The number of nitrogens with one attached hydrogen (secondary N) is 1. The zero-order valence-corrected chi connectivity index (χ0v) is 13.9. The van der Waals surface area contributed by atoms with Gasteiger partial charge in [0.15, 0.2) is 0 Å². The van der Waals surface area contributed by atoms with E-state index in [9.17, 15) is 4.79 Å². The number of piperidine rings is 1. The van der Waals surface area contributed by atoms with Crippen LogP contribution in [0.5, 0.6) is 0 Å². The number of likely N-dealkylation sites (tertiary alicyclic amines) is 1. The van der Waals surface area contributed by atoms with Crippen LogP contribution in [0.25, 0.3) is 0 Å². The van der Waals surface area contributed by atoms with Gasteiger partial charge in [-0.1, -0.05) is 6.42 Å². The molecule has 0 bridgehead atoms. The maximum absolute atomic E-state index is 12.2. The lowest BCUT2D eigenvalue weighted by Gasteiger charge is -2.41. The third-order valence-electron chi connectivity index (χ3n) is 5.21. The van der Waals surface area contributed by atoms with Crippen LogP contribution < -0.4 is 5.32 Å². The van der Waals surface area contributed by atoms with Crippen LogP contribution in [0.1, 0.15) is 19.3 Å². The van der Waals surface area contributed by atoms with Gasteiger partial charge in [0.2, 0.25) is 5.91 Å². The molecule has 6 heteroatoms. The van der Waals surface area contributed by atoms with E-state index in [0.29, 0.717) is 5.91 Å². The van der Waals surface area contributed by atoms with E-state index in [2.05, 4.69) is 27.1 Å². The number of rotatable bonds is 3. The van der Waals surface area contributed by atoms with Gasteiger partial charge in [0.1, 0.15) is 0 Å². The maximum atomic E-state index is 12.2. The quantitative estimate of drug-likeness (QED) is 0.810. The summed E-state index contributed by atoms with van der Waals surface area (Å²) in [7, 11) is 2.26. The van der Waals surface area contributed by atoms with Gasteiger partial charge >= 0.3 is 0 Å². The van der Waals surface area contributed by atoms with Crippen LogP contribution in [0.2, 0.25) is 0 Å². The molecule has 3 fully saturated rings. The van der Waals surface area contributed by atoms with E-state index in [1.165, 1.54) is 32.4 Å². The molecule has 21 heavy (non-hydrogen) atoms. The summed E-state index contributed by atoms with van der Waals surface area (Å²) in [6, 6.07) is 0.724. The van der Waals surface area contributed by atoms with Crippen molar-refractivity contribution in [3.8, 4) is 0 Å². The Morgan fingerprint density at radius 3 is 2.38 bits per heavy atom. The second-order valence-corrected chi connectivity index (χ2v) is 6.61. The molecule has 0 aromatic heterocycles. The fourth-order valence-corrected chi connectivity index (χ4v) is 3.55. The first-order valence-electron chi connectivity index (χ1n) is 8.16. The molecule has 0 aliphatic carbocycles. The summed E-state index contributed by atoms with van der Waals surface area (Å²) in [6.07, 6.45) is 4.07. The van der Waals surface area contributed by atoms with Gasteiger partial charge in [0, 0.05) is 51.9 Å². The van der Waals surface area contributed by atoms with Gasteiger partial charge in [-0.25, -0.2) is 0 Å². The Kier molecular flexibility index (Phi) is 6.29. The first-order chi connectivity index (χ1) is 9.74. The van der Waals surface area contributed by atoms with Crippen molar-refractivity contribution >= 4 is 18.3 Å². The smallest absolute Gasteiger partial charge is 0.228 e. The average molecular weight is 317 g/mol. The molecular weight excluding hydrogens is 288 g/mol. The molecule has 0 spiro atoms. The molecule has 3 saturated heterocycles. The van der Waals surface area contributed by atoms with Gasteiger partial charge in [-0.05, 0) is 26.4 Å². The lowest BCUT2D eigenvalue weighted by Crippen LogP contribution is -2.57. The molecule has 3 aliphatic rings. The summed E-state index contributed by atoms with van der Waals surface area (Å²) >= 11 is 0. The molecule has 0 radical (unpaired) electrons. The van der Waals surface area contributed by atoms with Gasteiger partial charge in [-0.15, -0.1) is 12.4 Å². The van der Waals surface area contributed by atoms with Crippen LogP contribution in [0.15, 0.2) is 0 Å². The monoisotopic (exact) mass is 316 g/mol. The molecule has 1 unspecified atom stereocenters. The number of halogens is 1. The van der Waals surface area contributed by atoms with Gasteiger partial charge in [0.25, 0.3) is 0 Å². The number of likely N-dealkylation sites (N-methyl/N-ethyl adjacent to an activating group) is 1. The molecule has 122 valence electrons. The topological polar surface area (TPSA) is 38.8 Å². The van der Waals surface area contributed by atoms with Crippen molar-refractivity contribution in [1.29, 1.82) is 0 Å². The summed E-state index contributed by atoms with van der Waals surface area (Å²) in [4.78, 5) is 19.3. The summed E-state index contributed by atoms with van der Waals surface area (Å²) in [6.45, 7) is 8.14. The van der Waals surface area contributed by atoms with Crippen LogP contribution >= 0.6 is 12.4 Å².